The SMILES string of the molecule is C=Cc1ccc(-c2cnccc2C2SCC(=O)N2CC(C)C)cc1.CCc1ccc(-c2cnccc2C2SCC(=O)N2C2CCCC2)cc1.CSc1ccc(-c2cnccc2C2SCC(=O)N2C2CCCC2)cc1.Cc1ccc(-c2cnccc2C2SCC(=O)N2C2CCCC2)cc1C.O=C1CSC(c2ccncc2-c2ccc(Br)cc2)N1C1CCCC1. The summed E-state index contributed by atoms with van der Waals surface area (Å²) in [5.41, 5.74) is 22.5. The molecule has 5 aliphatic heterocycles. The number of aryl methyl sites for hydroxylation is 3. The lowest BCUT2D eigenvalue weighted by Crippen LogP contribution is -2.36. The summed E-state index contributed by atoms with van der Waals surface area (Å²) in [5.74, 6) is 4.77. The van der Waals surface area contributed by atoms with Crippen molar-refractivity contribution in [2.24, 2.45) is 5.92 Å². The van der Waals surface area contributed by atoms with Crippen LogP contribution in [0.25, 0.3) is 61.7 Å². The predicted octanol–water partition coefficient (Wildman–Crippen LogP) is 24.3. The molecule has 0 N–H and O–H groups in total. The van der Waals surface area contributed by atoms with E-state index in [4.69, 9.17) is 0 Å². The summed E-state index contributed by atoms with van der Waals surface area (Å²) in [5, 5.41) is 0.544. The minimum Gasteiger partial charge on any atom is -0.326 e. The largest absolute Gasteiger partial charge is 0.326 e. The van der Waals surface area contributed by atoms with Crippen LogP contribution in [-0.4, -0.2) is 145 Å². The highest BCUT2D eigenvalue weighted by atomic mass is 79.9. The molecule has 10 heterocycles. The third kappa shape index (κ3) is 21.1. The van der Waals surface area contributed by atoms with Gasteiger partial charge in [0, 0.05) is 130 Å². The predicted molar refractivity (Wildman–Crippen MR) is 516 cm³/mol. The van der Waals surface area contributed by atoms with Gasteiger partial charge in [-0.25, -0.2) is 0 Å². The molecule has 123 heavy (non-hydrogen) atoms. The summed E-state index contributed by atoms with van der Waals surface area (Å²) in [6, 6.07) is 52.6. The van der Waals surface area contributed by atoms with E-state index in [9.17, 15) is 24.0 Å². The van der Waals surface area contributed by atoms with Gasteiger partial charge in [-0.1, -0.05) is 192 Å². The third-order valence-corrected chi connectivity index (χ3v) is 32.5. The van der Waals surface area contributed by atoms with E-state index in [2.05, 4.69) is 235 Å². The number of hydrogen-bond donors (Lipinski definition) is 0. The summed E-state index contributed by atoms with van der Waals surface area (Å²) in [7, 11) is 0. The normalized spacial score (nSPS) is 20.6. The van der Waals surface area contributed by atoms with E-state index in [0.29, 0.717) is 76.6 Å². The van der Waals surface area contributed by atoms with Crippen molar-refractivity contribution in [3.63, 3.8) is 0 Å². The Morgan fingerprint density at radius 1 is 0.398 bits per heavy atom. The summed E-state index contributed by atoms with van der Waals surface area (Å²) >= 11 is 14.0. The Labute approximate surface area is 760 Å². The van der Waals surface area contributed by atoms with Gasteiger partial charge in [-0.05, 0) is 216 Å². The molecule has 9 aliphatic rings. The van der Waals surface area contributed by atoms with Crippen molar-refractivity contribution in [3.05, 3.63) is 269 Å². The topological polar surface area (TPSA) is 166 Å². The summed E-state index contributed by atoms with van der Waals surface area (Å²) < 4.78 is 1.06. The van der Waals surface area contributed by atoms with Crippen molar-refractivity contribution >= 4 is 122 Å². The minimum absolute atomic E-state index is 0.0666. The van der Waals surface area contributed by atoms with Crippen LogP contribution >= 0.6 is 86.5 Å². The molecule has 0 bridgehead atoms. The molecule has 638 valence electrons. The Morgan fingerprint density at radius 2 is 0.699 bits per heavy atom. The molecule has 5 unspecified atom stereocenters. The lowest BCUT2D eigenvalue weighted by Gasteiger charge is -2.31. The molecule has 5 saturated heterocycles. The van der Waals surface area contributed by atoms with Crippen LogP contribution < -0.4 is 0 Å². The number of carbonyl (C=O) groups is 5. The average Bonchev–Trinajstić information content (AvgIpc) is 1.68. The Balaban J connectivity index is 0.000000119. The second kappa shape index (κ2) is 42.7. The van der Waals surface area contributed by atoms with Gasteiger partial charge >= 0.3 is 0 Å². The van der Waals surface area contributed by atoms with E-state index < -0.39 is 0 Å². The highest BCUT2D eigenvalue weighted by molar-refractivity contribution is 9.10. The van der Waals surface area contributed by atoms with Crippen molar-refractivity contribution in [2.45, 2.75) is 200 Å². The molecule has 10 aromatic rings. The molecule has 9 fully saturated rings. The zero-order valence-corrected chi connectivity index (χ0v) is 77.8. The van der Waals surface area contributed by atoms with Crippen molar-refractivity contribution in [2.75, 3.05) is 41.6 Å². The molecule has 0 spiro atoms. The van der Waals surface area contributed by atoms with Crippen LogP contribution in [0.3, 0.4) is 0 Å². The van der Waals surface area contributed by atoms with Crippen molar-refractivity contribution in [3.8, 4) is 55.6 Å². The standard InChI is InChI=1S/2C21H24N2OS.C20H22N2OS2.C20H22N2OS.C19H19BrN2OS/c1-14-7-8-16(11-15(14)2)19-12-22-10-9-18(19)21-23(20(24)13-25-21)17-5-3-4-6-17;1-2-15-7-9-16(10-8-15)19-13-22-12-11-18(19)21-23(20(24)14-25-21)17-5-3-4-6-17;1-24-16-8-6-14(7-9-16)18-12-21-11-10-17(18)20-22(19(23)13-25-20)15-4-2-3-5-15;1-4-15-5-7-16(8-6-15)18-11-21-10-9-17(18)20-22(12-14(2)3)19(23)13-24-20;20-14-7-5-13(6-8-14)17-11-21-10-9-16(17)19-22(18(23)12-24-19)15-3-1-2-4-15/h7-12,17,21H,3-6,13H2,1-2H3;7-13,17,21H,2-6,14H2,1H3;6-12,15,20H,2-5,13H2,1H3;4-11,14,20H,1,12-13H2,2-3H3;5-11,15,19H,1-4,12H2. The monoisotopic (exact) mass is 1810 g/mol. The molecule has 5 atom stereocenters. The van der Waals surface area contributed by atoms with Crippen LogP contribution in [0.4, 0.5) is 0 Å². The van der Waals surface area contributed by atoms with Gasteiger partial charge in [0.2, 0.25) is 29.5 Å². The smallest absolute Gasteiger partial charge is 0.234 e. The highest BCUT2D eigenvalue weighted by Crippen LogP contribution is 2.52. The van der Waals surface area contributed by atoms with E-state index in [0.717, 1.165) is 119 Å². The molecule has 5 aromatic carbocycles. The zero-order valence-electron chi connectivity index (χ0n) is 71.3. The molecule has 15 nitrogen and oxygen atoms in total. The minimum atomic E-state index is 0.0666. The Kier molecular flexibility index (Phi) is 31.0. The zero-order chi connectivity index (χ0) is 85.5. The van der Waals surface area contributed by atoms with Gasteiger partial charge in [0.05, 0.1) is 28.8 Å². The molecule has 0 radical (unpaired) electrons. The second-order valence-corrected chi connectivity index (χ2v) is 40.6. The van der Waals surface area contributed by atoms with Gasteiger partial charge in [0.25, 0.3) is 0 Å². The third-order valence-electron chi connectivity index (χ3n) is 25.1. The van der Waals surface area contributed by atoms with Gasteiger partial charge in [-0.15, -0.1) is 70.6 Å². The van der Waals surface area contributed by atoms with Crippen LogP contribution in [-0.2, 0) is 30.4 Å². The Bertz CT molecular complexity index is 5180. The lowest BCUT2D eigenvalue weighted by atomic mass is 9.97. The van der Waals surface area contributed by atoms with Crippen LogP contribution in [0.5, 0.6) is 0 Å². The van der Waals surface area contributed by atoms with E-state index in [1.165, 1.54) is 112 Å². The summed E-state index contributed by atoms with van der Waals surface area (Å²) in [4.78, 5) is 96.2. The lowest BCUT2D eigenvalue weighted by molar-refractivity contribution is -0.131. The molecule has 19 rings (SSSR count). The van der Waals surface area contributed by atoms with Gasteiger partial charge in [0.15, 0.2) is 0 Å². The maximum absolute atomic E-state index is 12.6. The van der Waals surface area contributed by atoms with Crippen LogP contribution in [0.15, 0.2) is 224 Å². The van der Waals surface area contributed by atoms with Crippen LogP contribution in [0.2, 0.25) is 0 Å². The first-order valence-corrected chi connectivity index (χ1v) is 50.9. The van der Waals surface area contributed by atoms with Gasteiger partial charge < -0.3 is 24.5 Å². The summed E-state index contributed by atoms with van der Waals surface area (Å²) in [6.07, 6.45) is 42.9. The molecular formula is C101H111BrN10O5S6. The molecule has 5 aromatic heterocycles. The van der Waals surface area contributed by atoms with Crippen molar-refractivity contribution in [1.82, 2.24) is 49.4 Å². The van der Waals surface area contributed by atoms with Gasteiger partial charge in [0.1, 0.15) is 26.9 Å². The highest BCUT2D eigenvalue weighted by Gasteiger charge is 2.45. The first kappa shape index (κ1) is 89.3. The number of halogens is 1. The Morgan fingerprint density at radius 3 is 1.02 bits per heavy atom. The fraction of sp³-hybridized carbons (Fsp3) is 0.386. The molecule has 4 aliphatic carbocycles. The number of pyridine rings is 5. The van der Waals surface area contributed by atoms with Gasteiger partial charge in [-0.2, -0.15) is 0 Å². The van der Waals surface area contributed by atoms with E-state index in [1.807, 2.05) is 91.1 Å². The van der Waals surface area contributed by atoms with Gasteiger partial charge in [-0.3, -0.25) is 48.9 Å². The number of hydrogen-bond acceptors (Lipinski definition) is 16. The maximum atomic E-state index is 12.6. The van der Waals surface area contributed by atoms with Crippen LogP contribution in [0, 0.1) is 19.8 Å². The van der Waals surface area contributed by atoms with Crippen molar-refractivity contribution in [1.29, 1.82) is 0 Å². The average molecular weight is 1820 g/mol. The maximum Gasteiger partial charge on any atom is 0.234 e. The van der Waals surface area contributed by atoms with Crippen LogP contribution in [0.1, 0.15) is 200 Å². The number of amides is 5. The fourth-order valence-corrected chi connectivity index (χ4v) is 25.7. The van der Waals surface area contributed by atoms with Crippen molar-refractivity contribution < 1.29 is 24.0 Å². The number of carbonyl (C=O) groups excluding carboxylic acids is 5. The van der Waals surface area contributed by atoms with E-state index in [1.54, 1.807) is 70.6 Å². The number of thioether (sulfide) groups is 6. The first-order valence-electron chi connectivity index (χ1n) is 43.7. The van der Waals surface area contributed by atoms with E-state index >= 15 is 0 Å². The summed E-state index contributed by atoms with van der Waals surface area (Å²) in [6.45, 7) is 15.3. The number of nitrogens with zero attached hydrogens (tertiary/aromatic N) is 10. The van der Waals surface area contributed by atoms with E-state index in [-0.39, 0.29) is 38.7 Å². The molecular weight excluding hydrogens is 1710 g/mol. The number of benzene rings is 5. The number of aromatic nitrogens is 5. The molecule has 5 amide bonds. The first-order chi connectivity index (χ1) is 60.0. The molecule has 22 heteroatoms. The fourth-order valence-electron chi connectivity index (χ4n) is 18.7. The quantitative estimate of drug-likeness (QED) is 0.0701. The Hall–Kier alpha value is -8.48. The number of rotatable bonds is 19. The molecule has 4 saturated carbocycles. The second-order valence-electron chi connectivity index (χ2n) is 33.4.